The fourth-order valence-electron chi connectivity index (χ4n) is 2.02. The first-order valence-corrected chi connectivity index (χ1v) is 7.47. The largest absolute Gasteiger partial charge is 0.384 e. The maximum absolute atomic E-state index is 5.96. The smallest absolute Gasteiger partial charge is 0.141 e. The molecule has 1 aromatic carbocycles. The van der Waals surface area contributed by atoms with Gasteiger partial charge in [0.25, 0.3) is 0 Å². The third-order valence-corrected chi connectivity index (χ3v) is 3.45. The van der Waals surface area contributed by atoms with Crippen molar-refractivity contribution in [2.24, 2.45) is 21.7 Å². The van der Waals surface area contributed by atoms with E-state index in [0.717, 1.165) is 12.1 Å². The summed E-state index contributed by atoms with van der Waals surface area (Å²) in [4.78, 5) is 1.82. The van der Waals surface area contributed by atoms with Crippen molar-refractivity contribution >= 4 is 12.1 Å². The molecular formula is C16H24N6O. The first-order valence-electron chi connectivity index (χ1n) is 7.47. The van der Waals surface area contributed by atoms with E-state index in [-0.39, 0.29) is 0 Å². The summed E-state index contributed by atoms with van der Waals surface area (Å²) >= 11 is 0. The molecule has 0 bridgehead atoms. The van der Waals surface area contributed by atoms with Crippen molar-refractivity contribution in [1.82, 2.24) is 10.2 Å². The van der Waals surface area contributed by atoms with Crippen LogP contribution in [0.15, 0.2) is 46.0 Å². The highest BCUT2D eigenvalue weighted by Crippen LogP contribution is 2.07. The van der Waals surface area contributed by atoms with Crippen molar-refractivity contribution in [2.75, 3.05) is 26.9 Å². The van der Waals surface area contributed by atoms with Crippen LogP contribution in [-0.2, 0) is 11.2 Å². The first kappa shape index (κ1) is 16.8. The lowest BCUT2D eigenvalue weighted by molar-refractivity contribution is 0.0498. The van der Waals surface area contributed by atoms with Crippen LogP contribution in [0, 0.1) is 6.92 Å². The van der Waals surface area contributed by atoms with Crippen molar-refractivity contribution < 1.29 is 4.74 Å². The number of aryl methyl sites for hydroxylation is 1. The van der Waals surface area contributed by atoms with Gasteiger partial charge in [-0.05, 0) is 12.5 Å². The molecule has 0 aromatic heterocycles. The van der Waals surface area contributed by atoms with Gasteiger partial charge >= 0.3 is 0 Å². The Bertz CT molecular complexity index is 606. The quantitative estimate of drug-likeness (QED) is 0.403. The number of ether oxygens (including phenoxy) is 1. The molecule has 2 rings (SSSR count). The Morgan fingerprint density at radius 1 is 1.39 bits per heavy atom. The minimum absolute atomic E-state index is 0.370. The van der Waals surface area contributed by atoms with Crippen LogP contribution in [0.25, 0.3) is 0 Å². The number of hydrogen-bond donors (Lipinski definition) is 3. The predicted octanol–water partition coefficient (Wildman–Crippen LogP) is 0.517. The SMILES string of the molecule is Cc1ccc(C/C=N/N=C(\N)CNC2=C(N)N(C)COC2)cc1. The molecule has 23 heavy (non-hydrogen) atoms. The zero-order valence-electron chi connectivity index (χ0n) is 13.6. The van der Waals surface area contributed by atoms with Crippen molar-refractivity contribution in [3.05, 3.63) is 46.9 Å². The van der Waals surface area contributed by atoms with Gasteiger partial charge in [-0.1, -0.05) is 29.8 Å². The molecule has 5 N–H and O–H groups in total. The van der Waals surface area contributed by atoms with Crippen LogP contribution in [-0.4, -0.2) is 43.9 Å². The maximum atomic E-state index is 5.96. The average Bonchev–Trinajstić information content (AvgIpc) is 2.54. The Balaban J connectivity index is 1.80. The number of amidine groups is 1. The molecule has 0 fully saturated rings. The molecule has 0 saturated carbocycles. The lowest BCUT2D eigenvalue weighted by atomic mass is 10.1. The Labute approximate surface area is 136 Å². The number of nitrogens with two attached hydrogens (primary N) is 2. The van der Waals surface area contributed by atoms with Crippen LogP contribution >= 0.6 is 0 Å². The first-order chi connectivity index (χ1) is 11.1. The highest BCUT2D eigenvalue weighted by Gasteiger charge is 2.14. The number of nitrogens with one attached hydrogen (secondary N) is 1. The molecule has 1 heterocycles. The Hall–Kier alpha value is -2.54. The summed E-state index contributed by atoms with van der Waals surface area (Å²) in [5.41, 5.74) is 15.0. The molecule has 0 aliphatic carbocycles. The minimum Gasteiger partial charge on any atom is -0.384 e. The average molecular weight is 316 g/mol. The summed E-state index contributed by atoms with van der Waals surface area (Å²) in [6.45, 7) is 3.37. The van der Waals surface area contributed by atoms with Gasteiger partial charge in [-0.15, -0.1) is 5.10 Å². The van der Waals surface area contributed by atoms with E-state index in [4.69, 9.17) is 16.2 Å². The van der Waals surface area contributed by atoms with Crippen LogP contribution in [0.4, 0.5) is 0 Å². The second-order valence-electron chi connectivity index (χ2n) is 5.47. The van der Waals surface area contributed by atoms with E-state index >= 15 is 0 Å². The van der Waals surface area contributed by atoms with E-state index < -0.39 is 0 Å². The molecular weight excluding hydrogens is 292 g/mol. The zero-order valence-corrected chi connectivity index (χ0v) is 13.6. The highest BCUT2D eigenvalue weighted by molar-refractivity contribution is 5.82. The Kier molecular flexibility index (Phi) is 5.99. The normalized spacial score (nSPS) is 16.3. The molecule has 0 amide bonds. The molecule has 7 heteroatoms. The van der Waals surface area contributed by atoms with Crippen LogP contribution in [0.3, 0.4) is 0 Å². The second-order valence-corrected chi connectivity index (χ2v) is 5.47. The summed E-state index contributed by atoms with van der Waals surface area (Å²) in [5.74, 6) is 1.05. The molecule has 0 spiro atoms. The molecule has 0 unspecified atom stereocenters. The molecule has 0 radical (unpaired) electrons. The molecule has 124 valence electrons. The van der Waals surface area contributed by atoms with Crippen LogP contribution in [0.2, 0.25) is 0 Å². The van der Waals surface area contributed by atoms with Crippen LogP contribution < -0.4 is 16.8 Å². The number of rotatable bonds is 6. The molecule has 1 aliphatic rings. The summed E-state index contributed by atoms with van der Waals surface area (Å²) in [6, 6.07) is 8.30. The fraction of sp³-hybridized carbons (Fsp3) is 0.375. The van der Waals surface area contributed by atoms with Crippen molar-refractivity contribution in [1.29, 1.82) is 0 Å². The minimum atomic E-state index is 0.370. The second kappa shape index (κ2) is 8.19. The number of nitrogens with zero attached hydrogens (tertiary/aromatic N) is 3. The van der Waals surface area contributed by atoms with Gasteiger partial charge in [-0.3, -0.25) is 0 Å². The van der Waals surface area contributed by atoms with Gasteiger partial charge in [0.15, 0.2) is 0 Å². The third kappa shape index (κ3) is 5.30. The number of hydrogen-bond acceptors (Lipinski definition) is 6. The van der Waals surface area contributed by atoms with Gasteiger partial charge in [0, 0.05) is 19.7 Å². The zero-order chi connectivity index (χ0) is 16.7. The Morgan fingerprint density at radius 2 is 2.13 bits per heavy atom. The van der Waals surface area contributed by atoms with E-state index in [1.165, 1.54) is 11.1 Å². The van der Waals surface area contributed by atoms with Crippen LogP contribution in [0.1, 0.15) is 11.1 Å². The maximum Gasteiger partial charge on any atom is 0.141 e. The highest BCUT2D eigenvalue weighted by atomic mass is 16.5. The third-order valence-electron chi connectivity index (χ3n) is 3.45. The van der Waals surface area contributed by atoms with E-state index in [1.807, 2.05) is 11.9 Å². The van der Waals surface area contributed by atoms with Crippen LogP contribution in [0.5, 0.6) is 0 Å². The lowest BCUT2D eigenvalue weighted by Crippen LogP contribution is -2.40. The molecule has 1 aromatic rings. The molecule has 0 saturated heterocycles. The molecule has 7 nitrogen and oxygen atoms in total. The monoisotopic (exact) mass is 316 g/mol. The van der Waals surface area contributed by atoms with E-state index in [2.05, 4.69) is 46.7 Å². The Morgan fingerprint density at radius 3 is 2.87 bits per heavy atom. The van der Waals surface area contributed by atoms with Gasteiger partial charge in [-0.2, -0.15) is 5.10 Å². The lowest BCUT2D eigenvalue weighted by Gasteiger charge is -2.28. The summed E-state index contributed by atoms with van der Waals surface area (Å²) in [6.07, 6.45) is 2.46. The summed E-state index contributed by atoms with van der Waals surface area (Å²) < 4.78 is 5.37. The van der Waals surface area contributed by atoms with Gasteiger partial charge in [0.2, 0.25) is 0 Å². The summed E-state index contributed by atoms with van der Waals surface area (Å²) in [7, 11) is 1.86. The fourth-order valence-corrected chi connectivity index (χ4v) is 2.02. The molecule has 1 aliphatic heterocycles. The van der Waals surface area contributed by atoms with E-state index in [1.54, 1.807) is 6.21 Å². The standard InChI is InChI=1S/C16H24N6O/c1-12-3-5-13(6-4-12)7-8-20-21-15(17)9-19-14-10-23-11-22(2)16(14)18/h3-6,8,19H,7,9-11,18H2,1-2H3,(H2,17,21)/b20-8+. The van der Waals surface area contributed by atoms with Crippen molar-refractivity contribution in [2.45, 2.75) is 13.3 Å². The predicted molar refractivity (Wildman–Crippen MR) is 92.8 cm³/mol. The topological polar surface area (TPSA) is 101 Å². The van der Waals surface area contributed by atoms with Gasteiger partial charge in [0.1, 0.15) is 18.4 Å². The number of benzene rings is 1. The molecule has 0 atom stereocenters. The van der Waals surface area contributed by atoms with Gasteiger partial charge in [0.05, 0.1) is 18.8 Å². The van der Waals surface area contributed by atoms with Crippen molar-refractivity contribution in [3.63, 3.8) is 0 Å². The van der Waals surface area contributed by atoms with Crippen molar-refractivity contribution in [3.8, 4) is 0 Å². The van der Waals surface area contributed by atoms with Gasteiger partial charge in [-0.25, -0.2) is 0 Å². The van der Waals surface area contributed by atoms with E-state index in [9.17, 15) is 0 Å². The van der Waals surface area contributed by atoms with Gasteiger partial charge < -0.3 is 26.4 Å². The van der Waals surface area contributed by atoms with E-state index in [0.29, 0.717) is 31.5 Å². The summed E-state index contributed by atoms with van der Waals surface area (Å²) in [5, 5.41) is 11.1.